The Morgan fingerprint density at radius 1 is 1.09 bits per heavy atom. The molecule has 0 atom stereocenters. The second-order valence-corrected chi connectivity index (χ2v) is 10.9. The van der Waals surface area contributed by atoms with Crippen LogP contribution in [0.2, 0.25) is 5.02 Å². The zero-order valence-corrected chi connectivity index (χ0v) is 20.5. The number of ether oxygens (including phenoxy) is 1. The summed E-state index contributed by atoms with van der Waals surface area (Å²) < 4.78 is 6.31. The van der Waals surface area contributed by atoms with E-state index in [1.807, 2.05) is 12.1 Å². The van der Waals surface area contributed by atoms with Crippen molar-refractivity contribution in [2.24, 2.45) is 10.8 Å². The van der Waals surface area contributed by atoms with Gasteiger partial charge in [0.05, 0.1) is 10.6 Å². The zero-order valence-electron chi connectivity index (χ0n) is 19.7. The first-order chi connectivity index (χ1) is 15.6. The van der Waals surface area contributed by atoms with Gasteiger partial charge in [0.1, 0.15) is 17.9 Å². The van der Waals surface area contributed by atoms with E-state index < -0.39 is 0 Å². The van der Waals surface area contributed by atoms with E-state index in [1.54, 1.807) is 18.2 Å². The number of nitrogens with zero attached hydrogens (tertiary/aromatic N) is 1. The molecule has 1 amide bonds. The van der Waals surface area contributed by atoms with Gasteiger partial charge >= 0.3 is 0 Å². The summed E-state index contributed by atoms with van der Waals surface area (Å²) in [5.74, 6) is 1.14. The third kappa shape index (κ3) is 4.47. The van der Waals surface area contributed by atoms with Crippen molar-refractivity contribution in [2.45, 2.75) is 58.6 Å². The first kappa shape index (κ1) is 23.6. The zero-order chi connectivity index (χ0) is 23.8. The van der Waals surface area contributed by atoms with Gasteiger partial charge in [0, 0.05) is 28.5 Å². The molecule has 4 rings (SSSR count). The van der Waals surface area contributed by atoms with Crippen LogP contribution >= 0.6 is 11.6 Å². The van der Waals surface area contributed by atoms with E-state index in [4.69, 9.17) is 21.6 Å². The van der Waals surface area contributed by atoms with Crippen LogP contribution in [0.5, 0.6) is 5.75 Å². The average molecular weight is 466 g/mol. The third-order valence-corrected chi connectivity index (χ3v) is 7.73. The second-order valence-electron chi connectivity index (χ2n) is 10.4. The summed E-state index contributed by atoms with van der Waals surface area (Å²) in [5.41, 5.74) is 1.85. The fourth-order valence-corrected chi connectivity index (χ4v) is 6.08. The molecule has 0 bridgehead atoms. The maximum absolute atomic E-state index is 13.1. The summed E-state index contributed by atoms with van der Waals surface area (Å²) in [6, 6.07) is 15.2. The van der Waals surface area contributed by atoms with Crippen molar-refractivity contribution in [1.29, 1.82) is 5.26 Å². The molecule has 1 aliphatic heterocycles. The van der Waals surface area contributed by atoms with Gasteiger partial charge in [-0.1, -0.05) is 51.4 Å². The number of halogens is 1. The van der Waals surface area contributed by atoms with Crippen molar-refractivity contribution in [3.8, 4) is 11.8 Å². The van der Waals surface area contributed by atoms with Crippen molar-refractivity contribution >= 4 is 17.5 Å². The second kappa shape index (κ2) is 9.00. The predicted octanol–water partition coefficient (Wildman–Crippen LogP) is 5.29. The van der Waals surface area contributed by atoms with Crippen LogP contribution in [0.15, 0.2) is 42.5 Å². The largest absolute Gasteiger partial charge is 0.489 e. The number of rotatable bonds is 5. The highest BCUT2D eigenvalue weighted by molar-refractivity contribution is 6.31. The minimum Gasteiger partial charge on any atom is -0.489 e. The molecule has 2 aromatic carbocycles. The number of benzene rings is 2. The SMILES string of the molecule is CC1(C)[C@H](NC(=O)c2ccc(C3CCNCC3)cc2)C(C)(C)[C@H]1Oc1ccc(C#N)c(Cl)c1. The Balaban J connectivity index is 1.43. The number of amides is 1. The number of carbonyl (C=O) groups is 1. The number of piperidine rings is 1. The van der Waals surface area contributed by atoms with Crippen molar-refractivity contribution in [3.05, 3.63) is 64.2 Å². The Hall–Kier alpha value is -2.55. The van der Waals surface area contributed by atoms with Gasteiger partial charge < -0.3 is 15.4 Å². The van der Waals surface area contributed by atoms with Crippen LogP contribution < -0.4 is 15.4 Å². The number of hydrogen-bond donors (Lipinski definition) is 2. The molecular weight excluding hydrogens is 434 g/mol. The molecule has 0 unspecified atom stereocenters. The van der Waals surface area contributed by atoms with Crippen molar-refractivity contribution in [1.82, 2.24) is 10.6 Å². The molecule has 1 heterocycles. The van der Waals surface area contributed by atoms with E-state index in [-0.39, 0.29) is 28.9 Å². The summed E-state index contributed by atoms with van der Waals surface area (Å²) in [5, 5.41) is 16.1. The molecular formula is C27H32ClN3O2. The van der Waals surface area contributed by atoms with E-state index in [9.17, 15) is 4.79 Å². The van der Waals surface area contributed by atoms with Gasteiger partial charge in [-0.3, -0.25) is 4.79 Å². The molecule has 1 saturated carbocycles. The maximum Gasteiger partial charge on any atom is 0.251 e. The minimum absolute atomic E-state index is 0.0551. The van der Waals surface area contributed by atoms with E-state index in [0.717, 1.165) is 25.9 Å². The predicted molar refractivity (Wildman–Crippen MR) is 131 cm³/mol. The lowest BCUT2D eigenvalue weighted by atomic mass is 9.49. The minimum atomic E-state index is -0.283. The molecule has 0 spiro atoms. The fraction of sp³-hybridized carbons (Fsp3) is 0.481. The highest BCUT2D eigenvalue weighted by atomic mass is 35.5. The van der Waals surface area contributed by atoms with E-state index >= 15 is 0 Å². The molecule has 174 valence electrons. The lowest BCUT2D eigenvalue weighted by Crippen LogP contribution is -2.74. The highest BCUT2D eigenvalue weighted by Gasteiger charge is 2.64. The maximum atomic E-state index is 13.1. The highest BCUT2D eigenvalue weighted by Crippen LogP contribution is 2.55. The summed E-state index contributed by atoms with van der Waals surface area (Å²) in [6.45, 7) is 10.5. The first-order valence-electron chi connectivity index (χ1n) is 11.6. The molecule has 6 heteroatoms. The number of nitrogens with one attached hydrogen (secondary N) is 2. The Bertz CT molecular complexity index is 1050. The Labute approximate surface area is 201 Å². The summed E-state index contributed by atoms with van der Waals surface area (Å²) >= 11 is 6.18. The molecule has 2 aromatic rings. The Morgan fingerprint density at radius 3 is 2.30 bits per heavy atom. The molecule has 2 aliphatic rings. The van der Waals surface area contributed by atoms with Crippen LogP contribution in [0.25, 0.3) is 0 Å². The number of hydrogen-bond acceptors (Lipinski definition) is 4. The molecule has 1 aliphatic carbocycles. The topological polar surface area (TPSA) is 74.2 Å². The van der Waals surface area contributed by atoms with Crippen LogP contribution in [-0.2, 0) is 0 Å². The van der Waals surface area contributed by atoms with Crippen LogP contribution in [0.4, 0.5) is 0 Å². The van der Waals surface area contributed by atoms with Crippen LogP contribution in [0.3, 0.4) is 0 Å². The van der Waals surface area contributed by atoms with Crippen LogP contribution in [-0.4, -0.2) is 31.1 Å². The average Bonchev–Trinajstić information content (AvgIpc) is 2.81. The number of nitriles is 1. The fourth-order valence-electron chi connectivity index (χ4n) is 5.87. The van der Waals surface area contributed by atoms with Gasteiger partial charge in [0.15, 0.2) is 0 Å². The van der Waals surface area contributed by atoms with E-state index in [1.165, 1.54) is 5.56 Å². The molecule has 2 N–H and O–H groups in total. The van der Waals surface area contributed by atoms with Gasteiger partial charge in [0.2, 0.25) is 0 Å². The van der Waals surface area contributed by atoms with Gasteiger partial charge in [-0.05, 0) is 61.7 Å². The number of carbonyl (C=O) groups excluding carboxylic acids is 1. The van der Waals surface area contributed by atoms with Crippen molar-refractivity contribution in [2.75, 3.05) is 13.1 Å². The van der Waals surface area contributed by atoms with Crippen molar-refractivity contribution < 1.29 is 9.53 Å². The quantitative estimate of drug-likeness (QED) is 0.629. The summed E-state index contributed by atoms with van der Waals surface area (Å²) in [6.07, 6.45) is 2.16. The van der Waals surface area contributed by atoms with Gasteiger partial charge in [0.25, 0.3) is 5.91 Å². The standard InChI is InChI=1S/C27H32ClN3O2/c1-26(2)24(27(3,4)25(26)33-21-10-9-20(16-29)22(28)15-21)31-23(32)19-7-5-17(6-8-19)18-11-13-30-14-12-18/h5-10,15,18,24-25,30H,11-14H2,1-4H3,(H,31,32)/t24-,25-. The summed E-state index contributed by atoms with van der Waals surface area (Å²) in [4.78, 5) is 13.1. The smallest absolute Gasteiger partial charge is 0.251 e. The molecule has 5 nitrogen and oxygen atoms in total. The van der Waals surface area contributed by atoms with Gasteiger partial charge in [-0.15, -0.1) is 0 Å². The summed E-state index contributed by atoms with van der Waals surface area (Å²) in [7, 11) is 0. The first-order valence-corrected chi connectivity index (χ1v) is 12.0. The van der Waals surface area contributed by atoms with Crippen molar-refractivity contribution in [3.63, 3.8) is 0 Å². The van der Waals surface area contributed by atoms with Crippen LogP contribution in [0.1, 0.15) is 67.9 Å². The molecule has 0 radical (unpaired) electrons. The third-order valence-electron chi connectivity index (χ3n) is 7.41. The monoisotopic (exact) mass is 465 g/mol. The Kier molecular flexibility index (Phi) is 6.44. The molecule has 1 saturated heterocycles. The lowest BCUT2D eigenvalue weighted by Gasteiger charge is -2.63. The van der Waals surface area contributed by atoms with E-state index in [0.29, 0.717) is 27.8 Å². The molecule has 0 aromatic heterocycles. The Morgan fingerprint density at radius 2 is 1.73 bits per heavy atom. The van der Waals surface area contributed by atoms with Gasteiger partial charge in [-0.2, -0.15) is 5.26 Å². The molecule has 2 fully saturated rings. The van der Waals surface area contributed by atoms with Crippen LogP contribution in [0, 0.1) is 22.2 Å². The molecule has 33 heavy (non-hydrogen) atoms. The van der Waals surface area contributed by atoms with E-state index in [2.05, 4.69) is 56.5 Å². The normalized spacial score (nSPS) is 23.8. The lowest BCUT2D eigenvalue weighted by molar-refractivity contribution is -0.164. The van der Waals surface area contributed by atoms with Gasteiger partial charge in [-0.25, -0.2) is 0 Å².